The summed E-state index contributed by atoms with van der Waals surface area (Å²) in [5.41, 5.74) is 5.84. The molecule has 96 valence electrons. The molecular weight excluding hydrogens is 233 g/mol. The Hall–Kier alpha value is -0.420. The highest BCUT2D eigenvalue weighted by molar-refractivity contribution is 7.55. The summed E-state index contributed by atoms with van der Waals surface area (Å²) in [6.45, 7) is 5.26. The molecule has 7 heteroatoms. The third-order valence-electron chi connectivity index (χ3n) is 2.07. The normalized spacial score (nSPS) is 15.8. The van der Waals surface area contributed by atoms with Gasteiger partial charge in [-0.25, -0.2) is 0 Å². The Bertz CT molecular complexity index is 269. The second-order valence-electron chi connectivity index (χ2n) is 3.58. The van der Waals surface area contributed by atoms with Gasteiger partial charge in [-0.2, -0.15) is 0 Å². The van der Waals surface area contributed by atoms with Gasteiger partial charge in [-0.05, 0) is 27.2 Å². The van der Waals surface area contributed by atoms with Crippen LogP contribution in [0, 0.1) is 0 Å². The first-order valence-electron chi connectivity index (χ1n) is 5.19. The second kappa shape index (κ2) is 6.35. The molecule has 3 N–H and O–H groups in total. The fraction of sp³-hybridized carbons (Fsp3) is 0.889. The summed E-state index contributed by atoms with van der Waals surface area (Å²) < 4.78 is 22.4. The molecule has 0 aromatic heterocycles. The van der Waals surface area contributed by atoms with Gasteiger partial charge in [0.1, 0.15) is 5.28 Å². The van der Waals surface area contributed by atoms with E-state index in [1.165, 1.54) is 6.92 Å². The Morgan fingerprint density at radius 1 is 1.38 bits per heavy atom. The van der Waals surface area contributed by atoms with Crippen LogP contribution in [0.2, 0.25) is 0 Å². The van der Waals surface area contributed by atoms with Crippen molar-refractivity contribution < 1.29 is 23.5 Å². The minimum Gasteiger partial charge on any atom is -0.481 e. The highest BCUT2D eigenvalue weighted by Gasteiger charge is 2.43. The van der Waals surface area contributed by atoms with Crippen LogP contribution >= 0.6 is 7.60 Å². The van der Waals surface area contributed by atoms with E-state index < -0.39 is 18.8 Å². The van der Waals surface area contributed by atoms with Crippen LogP contribution in [0.5, 0.6) is 0 Å². The second-order valence-corrected chi connectivity index (χ2v) is 6.12. The van der Waals surface area contributed by atoms with Gasteiger partial charge >= 0.3 is 13.6 Å². The van der Waals surface area contributed by atoms with Crippen LogP contribution in [0.3, 0.4) is 0 Å². The highest BCUT2D eigenvalue weighted by Crippen LogP contribution is 2.58. The lowest BCUT2D eigenvalue weighted by atomic mass is 10.2. The number of carbonyl (C=O) groups is 1. The topological polar surface area (TPSA) is 98.9 Å². The summed E-state index contributed by atoms with van der Waals surface area (Å²) in [7, 11) is -3.46. The lowest BCUT2D eigenvalue weighted by Crippen LogP contribution is -2.38. The zero-order valence-electron chi connectivity index (χ0n) is 9.93. The Morgan fingerprint density at radius 2 is 1.81 bits per heavy atom. The molecule has 1 atom stereocenters. The van der Waals surface area contributed by atoms with E-state index in [4.69, 9.17) is 19.9 Å². The Morgan fingerprint density at radius 3 is 2.12 bits per heavy atom. The number of carboxylic acids is 1. The first kappa shape index (κ1) is 15.6. The Kier molecular flexibility index (Phi) is 6.18. The molecule has 0 aliphatic rings. The molecule has 0 amide bonds. The van der Waals surface area contributed by atoms with Crippen LogP contribution in [-0.4, -0.2) is 29.6 Å². The van der Waals surface area contributed by atoms with Crippen LogP contribution in [0.25, 0.3) is 0 Å². The maximum atomic E-state index is 12.3. The maximum Gasteiger partial charge on any atom is 0.350 e. The largest absolute Gasteiger partial charge is 0.481 e. The van der Waals surface area contributed by atoms with E-state index in [1.807, 2.05) is 0 Å². The SMILES string of the molecule is CCOP(=O)(OCC)C(C)(N)CCC(=O)O. The van der Waals surface area contributed by atoms with Crippen LogP contribution in [0.4, 0.5) is 0 Å². The van der Waals surface area contributed by atoms with Crippen molar-refractivity contribution in [2.75, 3.05) is 13.2 Å². The third kappa shape index (κ3) is 4.22. The molecule has 6 nitrogen and oxygen atoms in total. The first-order chi connectivity index (χ1) is 7.29. The lowest BCUT2D eigenvalue weighted by Gasteiger charge is -2.32. The van der Waals surface area contributed by atoms with Crippen molar-refractivity contribution in [2.45, 2.75) is 38.9 Å². The molecule has 0 aromatic carbocycles. The summed E-state index contributed by atoms with van der Waals surface area (Å²) >= 11 is 0. The molecule has 16 heavy (non-hydrogen) atoms. The van der Waals surface area contributed by atoms with Gasteiger partial charge in [-0.15, -0.1) is 0 Å². The van der Waals surface area contributed by atoms with E-state index in [-0.39, 0.29) is 26.1 Å². The van der Waals surface area contributed by atoms with Crippen LogP contribution in [0.15, 0.2) is 0 Å². The molecule has 0 bridgehead atoms. The van der Waals surface area contributed by atoms with Crippen LogP contribution in [0.1, 0.15) is 33.6 Å². The van der Waals surface area contributed by atoms with Gasteiger partial charge in [0.2, 0.25) is 0 Å². The van der Waals surface area contributed by atoms with Gasteiger partial charge in [0.15, 0.2) is 0 Å². The molecule has 0 spiro atoms. The monoisotopic (exact) mass is 253 g/mol. The maximum absolute atomic E-state index is 12.3. The molecule has 0 aliphatic heterocycles. The predicted molar refractivity (Wildman–Crippen MR) is 60.3 cm³/mol. The molecule has 0 aromatic rings. The standard InChI is InChI=1S/C9H20NO5P/c1-4-14-16(13,15-5-2)9(3,10)7-6-8(11)12/h4-7,10H2,1-3H3,(H,11,12). The molecule has 0 saturated carbocycles. The number of rotatable bonds is 8. The number of carboxylic acid groups (broad SMARTS) is 1. The van der Waals surface area contributed by atoms with E-state index in [2.05, 4.69) is 0 Å². The van der Waals surface area contributed by atoms with Gasteiger partial charge < -0.3 is 19.9 Å². The average molecular weight is 253 g/mol. The van der Waals surface area contributed by atoms with Gasteiger partial charge in [0.05, 0.1) is 13.2 Å². The van der Waals surface area contributed by atoms with E-state index in [9.17, 15) is 9.36 Å². The van der Waals surface area contributed by atoms with Crippen molar-refractivity contribution in [1.82, 2.24) is 0 Å². The van der Waals surface area contributed by atoms with Crippen molar-refractivity contribution in [3.8, 4) is 0 Å². The average Bonchev–Trinajstić information content (AvgIpc) is 2.15. The summed E-state index contributed by atoms with van der Waals surface area (Å²) in [5.74, 6) is -0.990. The molecule has 0 heterocycles. The first-order valence-corrected chi connectivity index (χ1v) is 6.73. The van der Waals surface area contributed by atoms with Crippen LogP contribution in [-0.2, 0) is 18.4 Å². The zero-order valence-corrected chi connectivity index (χ0v) is 10.8. The predicted octanol–water partition coefficient (Wildman–Crippen LogP) is 1.79. The molecule has 0 saturated heterocycles. The van der Waals surface area contributed by atoms with Crippen molar-refractivity contribution in [2.24, 2.45) is 5.73 Å². The highest BCUT2D eigenvalue weighted by atomic mass is 31.2. The summed E-state index contributed by atoms with van der Waals surface area (Å²) in [6, 6.07) is 0. The Labute approximate surface area is 95.6 Å². The van der Waals surface area contributed by atoms with Crippen molar-refractivity contribution in [1.29, 1.82) is 0 Å². The fourth-order valence-electron chi connectivity index (χ4n) is 1.17. The molecule has 0 rings (SSSR count). The van der Waals surface area contributed by atoms with Gasteiger partial charge in [-0.3, -0.25) is 9.36 Å². The number of hydrogen-bond donors (Lipinski definition) is 2. The number of hydrogen-bond acceptors (Lipinski definition) is 5. The van der Waals surface area contributed by atoms with Crippen molar-refractivity contribution in [3.63, 3.8) is 0 Å². The molecule has 0 aliphatic carbocycles. The van der Waals surface area contributed by atoms with Crippen molar-refractivity contribution in [3.05, 3.63) is 0 Å². The molecular formula is C9H20NO5P. The third-order valence-corrected chi connectivity index (χ3v) is 4.74. The van der Waals surface area contributed by atoms with Gasteiger partial charge in [0.25, 0.3) is 0 Å². The van der Waals surface area contributed by atoms with E-state index in [0.717, 1.165) is 0 Å². The molecule has 0 radical (unpaired) electrons. The zero-order chi connectivity index (χ0) is 12.8. The lowest BCUT2D eigenvalue weighted by molar-refractivity contribution is -0.137. The smallest absolute Gasteiger partial charge is 0.350 e. The van der Waals surface area contributed by atoms with Crippen molar-refractivity contribution >= 4 is 13.6 Å². The van der Waals surface area contributed by atoms with Gasteiger partial charge in [0, 0.05) is 6.42 Å². The van der Waals surface area contributed by atoms with Gasteiger partial charge in [-0.1, -0.05) is 0 Å². The summed E-state index contributed by atoms with van der Waals surface area (Å²) in [4.78, 5) is 10.5. The number of aliphatic carboxylic acids is 1. The fourth-order valence-corrected chi connectivity index (χ4v) is 2.90. The molecule has 0 fully saturated rings. The van der Waals surface area contributed by atoms with E-state index in [1.54, 1.807) is 13.8 Å². The Balaban J connectivity index is 4.74. The minimum absolute atomic E-state index is 0.0413. The summed E-state index contributed by atoms with van der Waals surface area (Å²) in [6.07, 6.45) is -0.128. The minimum atomic E-state index is -3.46. The number of nitrogens with two attached hydrogens (primary N) is 1. The summed E-state index contributed by atoms with van der Waals surface area (Å²) in [5, 5.41) is 7.30. The van der Waals surface area contributed by atoms with E-state index >= 15 is 0 Å². The molecule has 1 unspecified atom stereocenters. The van der Waals surface area contributed by atoms with E-state index in [0.29, 0.717) is 0 Å². The van der Waals surface area contributed by atoms with Crippen LogP contribution < -0.4 is 5.73 Å². The quantitative estimate of drug-likeness (QED) is 0.640.